The van der Waals surface area contributed by atoms with Gasteiger partial charge in [0.15, 0.2) is 0 Å². The number of nitrogens with two attached hydrogens (primary N) is 1. The maximum absolute atomic E-state index is 11.8. The van der Waals surface area contributed by atoms with Crippen LogP contribution >= 0.6 is 11.3 Å². The molecule has 1 aromatic rings. The Hall–Kier alpha value is -1.31. The molecule has 0 spiro atoms. The van der Waals surface area contributed by atoms with Crippen LogP contribution in [0.4, 0.5) is 0 Å². The Labute approximate surface area is 99.0 Å². The molecule has 0 aliphatic heterocycles. The van der Waals surface area contributed by atoms with E-state index in [1.165, 1.54) is 11.3 Å². The lowest BCUT2D eigenvalue weighted by molar-refractivity contribution is 0.0936. The minimum atomic E-state index is -0.00273. The van der Waals surface area contributed by atoms with Crippen molar-refractivity contribution in [1.82, 2.24) is 5.32 Å². The maximum atomic E-state index is 11.8. The molecule has 1 saturated carbocycles. The Morgan fingerprint density at radius 2 is 2.44 bits per heavy atom. The van der Waals surface area contributed by atoms with Crippen LogP contribution in [-0.4, -0.2) is 18.0 Å². The second-order valence-corrected chi connectivity index (χ2v) is 5.13. The van der Waals surface area contributed by atoms with Gasteiger partial charge in [-0.2, -0.15) is 0 Å². The van der Waals surface area contributed by atoms with Crippen molar-refractivity contribution in [2.45, 2.75) is 25.3 Å². The first-order chi connectivity index (χ1) is 7.63. The average molecular weight is 234 g/mol. The third kappa shape index (κ3) is 2.63. The smallest absolute Gasteiger partial charge is 0.252 e. The fraction of sp³-hybridized carbons (Fsp3) is 0.417. The summed E-state index contributed by atoms with van der Waals surface area (Å²) in [6.07, 6.45) is 2.14. The molecule has 0 atom stereocenters. The fourth-order valence-electron chi connectivity index (χ4n) is 1.32. The largest absolute Gasteiger partial charge is 0.347 e. The van der Waals surface area contributed by atoms with Crippen molar-refractivity contribution < 1.29 is 4.79 Å². The zero-order valence-corrected chi connectivity index (χ0v) is 9.99. The van der Waals surface area contributed by atoms with Crippen LogP contribution in [0, 0.1) is 11.8 Å². The number of nitrogens with one attached hydrogen (secondary N) is 1. The van der Waals surface area contributed by atoms with E-state index in [9.17, 15) is 4.79 Å². The molecule has 1 aromatic heterocycles. The van der Waals surface area contributed by atoms with Gasteiger partial charge in [-0.3, -0.25) is 4.79 Å². The van der Waals surface area contributed by atoms with Gasteiger partial charge in [0.2, 0.25) is 0 Å². The second kappa shape index (κ2) is 4.28. The molecule has 2 rings (SSSR count). The van der Waals surface area contributed by atoms with Crippen molar-refractivity contribution in [1.29, 1.82) is 0 Å². The molecule has 4 heteroatoms. The summed E-state index contributed by atoms with van der Waals surface area (Å²) in [6.45, 7) is 2.41. The quantitative estimate of drug-likeness (QED) is 0.759. The Morgan fingerprint density at radius 3 is 3.06 bits per heavy atom. The van der Waals surface area contributed by atoms with Gasteiger partial charge in [0.1, 0.15) is 0 Å². The molecule has 1 heterocycles. The molecule has 0 unspecified atom stereocenters. The van der Waals surface area contributed by atoms with Crippen LogP contribution in [0.1, 0.15) is 35.0 Å². The third-order valence-corrected chi connectivity index (χ3v) is 3.44. The van der Waals surface area contributed by atoms with Crippen LogP contribution in [0.5, 0.6) is 0 Å². The molecule has 1 aliphatic rings. The van der Waals surface area contributed by atoms with E-state index >= 15 is 0 Å². The van der Waals surface area contributed by atoms with E-state index < -0.39 is 0 Å². The summed E-state index contributed by atoms with van der Waals surface area (Å²) in [6, 6.07) is 1.81. The van der Waals surface area contributed by atoms with Crippen molar-refractivity contribution in [3.05, 3.63) is 21.9 Å². The summed E-state index contributed by atoms with van der Waals surface area (Å²) in [5, 5.41) is 4.85. The Kier molecular flexibility index (Phi) is 2.99. The van der Waals surface area contributed by atoms with Gasteiger partial charge in [-0.25, -0.2) is 0 Å². The van der Waals surface area contributed by atoms with Gasteiger partial charge in [-0.1, -0.05) is 11.8 Å². The Bertz CT molecular complexity index is 463. The number of hydrogen-bond acceptors (Lipinski definition) is 3. The molecule has 0 bridgehead atoms. The number of amides is 1. The molecular formula is C12H14N2OS. The highest BCUT2D eigenvalue weighted by Crippen LogP contribution is 2.34. The number of hydrogen-bond donors (Lipinski definition) is 2. The maximum Gasteiger partial charge on any atom is 0.252 e. The normalized spacial score (nSPS) is 16.1. The van der Waals surface area contributed by atoms with Crippen molar-refractivity contribution in [3.63, 3.8) is 0 Å². The topological polar surface area (TPSA) is 55.1 Å². The van der Waals surface area contributed by atoms with Gasteiger partial charge < -0.3 is 11.1 Å². The van der Waals surface area contributed by atoms with E-state index in [-0.39, 0.29) is 11.4 Å². The Balaban J connectivity index is 2.03. The standard InChI is InChI=1S/C12H14N2OS/c1-12(4-5-12)14-11(15)9-7-10(16-8-9)3-2-6-13/h7-8H,4-6,13H2,1H3,(H,14,15). The van der Waals surface area contributed by atoms with Crippen LogP contribution in [0.3, 0.4) is 0 Å². The molecule has 3 N–H and O–H groups in total. The van der Waals surface area contributed by atoms with Crippen molar-refractivity contribution in [3.8, 4) is 11.8 Å². The van der Waals surface area contributed by atoms with E-state index in [0.717, 1.165) is 17.7 Å². The second-order valence-electron chi connectivity index (χ2n) is 4.22. The first-order valence-corrected chi connectivity index (χ1v) is 6.11. The van der Waals surface area contributed by atoms with Crippen LogP contribution < -0.4 is 11.1 Å². The number of carbonyl (C=O) groups excluding carboxylic acids is 1. The van der Waals surface area contributed by atoms with Crippen LogP contribution in [0.25, 0.3) is 0 Å². The minimum absolute atomic E-state index is 0.00273. The lowest BCUT2D eigenvalue weighted by Crippen LogP contribution is -2.33. The van der Waals surface area contributed by atoms with Crippen molar-refractivity contribution in [2.24, 2.45) is 5.73 Å². The van der Waals surface area contributed by atoms with E-state index in [1.807, 2.05) is 11.4 Å². The van der Waals surface area contributed by atoms with Gasteiger partial charge in [0.05, 0.1) is 17.0 Å². The van der Waals surface area contributed by atoms with E-state index in [0.29, 0.717) is 12.1 Å². The van der Waals surface area contributed by atoms with E-state index in [2.05, 4.69) is 24.1 Å². The number of carbonyl (C=O) groups is 1. The molecule has 16 heavy (non-hydrogen) atoms. The first-order valence-electron chi connectivity index (χ1n) is 5.23. The summed E-state index contributed by atoms with van der Waals surface area (Å²) in [5.74, 6) is 5.69. The molecule has 0 aromatic carbocycles. The predicted molar refractivity (Wildman–Crippen MR) is 65.4 cm³/mol. The Morgan fingerprint density at radius 1 is 1.69 bits per heavy atom. The van der Waals surface area contributed by atoms with Crippen molar-refractivity contribution in [2.75, 3.05) is 6.54 Å². The minimum Gasteiger partial charge on any atom is -0.347 e. The van der Waals surface area contributed by atoms with E-state index in [1.54, 1.807) is 0 Å². The summed E-state index contributed by atoms with van der Waals surface area (Å²) >= 11 is 1.47. The monoisotopic (exact) mass is 234 g/mol. The third-order valence-electron chi connectivity index (χ3n) is 2.59. The van der Waals surface area contributed by atoms with Crippen molar-refractivity contribution >= 4 is 17.2 Å². The summed E-state index contributed by atoms with van der Waals surface area (Å²) in [7, 11) is 0. The molecule has 84 valence electrons. The molecule has 0 saturated heterocycles. The lowest BCUT2D eigenvalue weighted by atomic mass is 10.2. The van der Waals surface area contributed by atoms with Gasteiger partial charge >= 0.3 is 0 Å². The zero-order chi connectivity index (χ0) is 11.6. The molecule has 1 amide bonds. The molecule has 3 nitrogen and oxygen atoms in total. The van der Waals surface area contributed by atoms with Gasteiger partial charge in [0, 0.05) is 10.9 Å². The zero-order valence-electron chi connectivity index (χ0n) is 9.17. The number of thiophene rings is 1. The SMILES string of the molecule is CC1(NC(=O)c2csc(C#CCN)c2)CC1. The molecular weight excluding hydrogens is 220 g/mol. The van der Waals surface area contributed by atoms with E-state index in [4.69, 9.17) is 5.73 Å². The number of rotatable bonds is 2. The van der Waals surface area contributed by atoms with Gasteiger partial charge in [0.25, 0.3) is 5.91 Å². The first kappa shape index (κ1) is 11.2. The van der Waals surface area contributed by atoms with Crippen LogP contribution in [-0.2, 0) is 0 Å². The van der Waals surface area contributed by atoms with Gasteiger partial charge in [-0.15, -0.1) is 11.3 Å². The average Bonchev–Trinajstić information content (AvgIpc) is 2.82. The highest BCUT2D eigenvalue weighted by Gasteiger charge is 2.38. The predicted octanol–water partition coefficient (Wildman–Crippen LogP) is 1.34. The highest BCUT2D eigenvalue weighted by atomic mass is 32.1. The molecule has 1 fully saturated rings. The highest BCUT2D eigenvalue weighted by molar-refractivity contribution is 7.10. The lowest BCUT2D eigenvalue weighted by Gasteiger charge is -2.09. The molecule has 1 aliphatic carbocycles. The van der Waals surface area contributed by atoms with Crippen LogP contribution in [0.2, 0.25) is 0 Å². The fourth-order valence-corrected chi connectivity index (χ4v) is 2.07. The van der Waals surface area contributed by atoms with Crippen LogP contribution in [0.15, 0.2) is 11.4 Å². The summed E-state index contributed by atoms with van der Waals surface area (Å²) < 4.78 is 0. The summed E-state index contributed by atoms with van der Waals surface area (Å²) in [4.78, 5) is 12.7. The molecule has 0 radical (unpaired) electrons. The summed E-state index contributed by atoms with van der Waals surface area (Å²) in [5.41, 5.74) is 6.01. The van der Waals surface area contributed by atoms with Gasteiger partial charge in [-0.05, 0) is 25.8 Å².